The van der Waals surface area contributed by atoms with Crippen molar-refractivity contribution >= 4 is 34.5 Å². The number of amides is 2. The van der Waals surface area contributed by atoms with Gasteiger partial charge in [-0.05, 0) is 79.8 Å². The molecule has 5 rings (SSSR count). The normalized spacial score (nSPS) is 19.7. The molecule has 3 heterocycles. The van der Waals surface area contributed by atoms with Crippen molar-refractivity contribution in [1.29, 1.82) is 0 Å². The van der Waals surface area contributed by atoms with Crippen LogP contribution in [0.5, 0.6) is 5.75 Å². The summed E-state index contributed by atoms with van der Waals surface area (Å²) in [5.74, 6) is 1.22. The van der Waals surface area contributed by atoms with Gasteiger partial charge in [-0.15, -0.1) is 0 Å². The highest BCUT2D eigenvalue weighted by Gasteiger charge is 2.31. The average molecular weight is 505 g/mol. The minimum absolute atomic E-state index is 0.102. The fourth-order valence-electron chi connectivity index (χ4n) is 5.82. The minimum Gasteiger partial charge on any atom is -0.493 e. The third-order valence-corrected chi connectivity index (χ3v) is 8.12. The summed E-state index contributed by atoms with van der Waals surface area (Å²) in [6, 6.07) is 8.40. The molecule has 7 heteroatoms. The van der Waals surface area contributed by atoms with E-state index in [9.17, 15) is 9.59 Å². The summed E-state index contributed by atoms with van der Waals surface area (Å²) in [7, 11) is 0. The molecule has 0 aliphatic carbocycles. The SMILES string of the molecule is CC(=O)N1CCN(CCCCCCCOc2cc3cc4c(cc3cc2C)C(=O)N2CCC[C@H]2C=N4)CC1. The molecule has 0 radical (unpaired) electrons. The molecule has 2 saturated heterocycles. The molecule has 7 nitrogen and oxygen atoms in total. The van der Waals surface area contributed by atoms with Gasteiger partial charge < -0.3 is 14.5 Å². The second-order valence-electron chi connectivity index (χ2n) is 10.8. The Morgan fingerprint density at radius 3 is 2.54 bits per heavy atom. The highest BCUT2D eigenvalue weighted by molar-refractivity contribution is 6.06. The van der Waals surface area contributed by atoms with Crippen LogP contribution in [0.4, 0.5) is 5.69 Å². The Bertz CT molecular complexity index is 1170. The Morgan fingerprint density at radius 1 is 0.973 bits per heavy atom. The second kappa shape index (κ2) is 11.6. The van der Waals surface area contributed by atoms with Crippen molar-refractivity contribution in [2.75, 3.05) is 45.9 Å². The van der Waals surface area contributed by atoms with Gasteiger partial charge in [0.15, 0.2) is 0 Å². The maximum Gasteiger partial charge on any atom is 0.256 e. The molecule has 198 valence electrons. The monoisotopic (exact) mass is 504 g/mol. The summed E-state index contributed by atoms with van der Waals surface area (Å²) in [5.41, 5.74) is 2.57. The van der Waals surface area contributed by atoms with Crippen molar-refractivity contribution in [2.24, 2.45) is 4.99 Å². The number of aliphatic imine (C=N–C) groups is 1. The lowest BCUT2D eigenvalue weighted by atomic mass is 10.0. The van der Waals surface area contributed by atoms with Crippen LogP contribution < -0.4 is 4.74 Å². The predicted octanol–water partition coefficient (Wildman–Crippen LogP) is 4.96. The zero-order valence-corrected chi connectivity index (χ0v) is 22.4. The summed E-state index contributed by atoms with van der Waals surface area (Å²) in [5, 5.41) is 2.13. The smallest absolute Gasteiger partial charge is 0.256 e. The Morgan fingerprint density at radius 2 is 1.73 bits per heavy atom. The molecule has 0 unspecified atom stereocenters. The van der Waals surface area contributed by atoms with E-state index in [0.717, 1.165) is 92.9 Å². The molecule has 0 spiro atoms. The quantitative estimate of drug-likeness (QED) is 0.453. The van der Waals surface area contributed by atoms with Crippen molar-refractivity contribution < 1.29 is 14.3 Å². The van der Waals surface area contributed by atoms with Crippen molar-refractivity contribution in [2.45, 2.75) is 64.8 Å². The minimum atomic E-state index is 0.102. The third kappa shape index (κ3) is 5.98. The van der Waals surface area contributed by atoms with E-state index in [-0.39, 0.29) is 17.9 Å². The van der Waals surface area contributed by atoms with Gasteiger partial charge in [0.25, 0.3) is 5.91 Å². The van der Waals surface area contributed by atoms with Crippen LogP contribution in [-0.2, 0) is 4.79 Å². The first-order valence-electron chi connectivity index (χ1n) is 14.0. The molecule has 37 heavy (non-hydrogen) atoms. The van der Waals surface area contributed by atoms with E-state index in [0.29, 0.717) is 5.56 Å². The highest BCUT2D eigenvalue weighted by Crippen LogP contribution is 2.34. The van der Waals surface area contributed by atoms with E-state index in [1.165, 1.54) is 25.7 Å². The number of aryl methyl sites for hydroxylation is 1. The van der Waals surface area contributed by atoms with Crippen LogP contribution in [0.3, 0.4) is 0 Å². The Hall–Kier alpha value is -2.93. The van der Waals surface area contributed by atoms with Gasteiger partial charge in [0, 0.05) is 45.9 Å². The van der Waals surface area contributed by atoms with Gasteiger partial charge in [0.1, 0.15) is 5.75 Å². The molecule has 3 aliphatic heterocycles. The standard InChI is InChI=1S/C30H40N4O3/c1-22-17-24-18-27-28(31-21-26-9-8-11-34(26)30(27)36)19-25(24)20-29(22)37-16-7-5-3-4-6-10-32-12-14-33(15-13-32)23(2)35/h17-21,26H,3-16H2,1-2H3/t26-/m0/s1. The van der Waals surface area contributed by atoms with Gasteiger partial charge >= 0.3 is 0 Å². The van der Waals surface area contributed by atoms with Gasteiger partial charge in [-0.1, -0.05) is 19.3 Å². The van der Waals surface area contributed by atoms with Crippen LogP contribution in [0.2, 0.25) is 0 Å². The molecule has 3 aliphatic rings. The number of fused-ring (bicyclic) bond motifs is 3. The summed E-state index contributed by atoms with van der Waals surface area (Å²) >= 11 is 0. The number of rotatable bonds is 9. The van der Waals surface area contributed by atoms with Gasteiger partial charge in [-0.2, -0.15) is 0 Å². The molecule has 2 aromatic carbocycles. The number of ether oxygens (including phenoxy) is 1. The van der Waals surface area contributed by atoms with Crippen LogP contribution >= 0.6 is 0 Å². The molecule has 0 bridgehead atoms. The Balaban J connectivity index is 1.07. The van der Waals surface area contributed by atoms with Crippen molar-refractivity contribution in [3.05, 3.63) is 35.4 Å². The van der Waals surface area contributed by atoms with Crippen molar-refractivity contribution in [1.82, 2.24) is 14.7 Å². The fraction of sp³-hybridized carbons (Fsp3) is 0.567. The van der Waals surface area contributed by atoms with Crippen molar-refractivity contribution in [3.63, 3.8) is 0 Å². The van der Waals surface area contributed by atoms with E-state index in [1.807, 2.05) is 28.1 Å². The summed E-state index contributed by atoms with van der Waals surface area (Å²) in [6.07, 6.45) is 9.91. The van der Waals surface area contributed by atoms with Gasteiger partial charge in [-0.25, -0.2) is 0 Å². The largest absolute Gasteiger partial charge is 0.493 e. The van der Waals surface area contributed by atoms with E-state index >= 15 is 0 Å². The number of unbranched alkanes of at least 4 members (excludes halogenated alkanes) is 4. The van der Waals surface area contributed by atoms with Gasteiger partial charge in [0.05, 0.1) is 23.9 Å². The van der Waals surface area contributed by atoms with Gasteiger partial charge in [-0.3, -0.25) is 19.5 Å². The number of hydrogen-bond acceptors (Lipinski definition) is 5. The molecule has 2 amide bonds. The maximum atomic E-state index is 13.1. The van der Waals surface area contributed by atoms with Gasteiger partial charge in [0.2, 0.25) is 5.91 Å². The zero-order chi connectivity index (χ0) is 25.8. The predicted molar refractivity (Wildman–Crippen MR) is 148 cm³/mol. The molecular formula is C30H40N4O3. The fourth-order valence-corrected chi connectivity index (χ4v) is 5.82. The summed E-state index contributed by atoms with van der Waals surface area (Å²) in [6.45, 7) is 10.2. The van der Waals surface area contributed by atoms with Crippen LogP contribution in [0.1, 0.15) is 67.8 Å². The van der Waals surface area contributed by atoms with E-state index < -0.39 is 0 Å². The molecule has 2 aromatic rings. The second-order valence-corrected chi connectivity index (χ2v) is 10.8. The summed E-state index contributed by atoms with van der Waals surface area (Å²) < 4.78 is 6.17. The number of carbonyl (C=O) groups is 2. The summed E-state index contributed by atoms with van der Waals surface area (Å²) in [4.78, 5) is 35.6. The van der Waals surface area contributed by atoms with Crippen LogP contribution in [0, 0.1) is 6.92 Å². The molecule has 2 fully saturated rings. The zero-order valence-electron chi connectivity index (χ0n) is 22.4. The lowest BCUT2D eigenvalue weighted by Crippen LogP contribution is -2.48. The number of benzene rings is 2. The maximum absolute atomic E-state index is 13.1. The van der Waals surface area contributed by atoms with E-state index in [4.69, 9.17) is 4.74 Å². The molecule has 0 saturated carbocycles. The number of carbonyl (C=O) groups excluding carboxylic acids is 2. The van der Waals surface area contributed by atoms with Crippen LogP contribution in [-0.4, -0.2) is 84.6 Å². The van der Waals surface area contributed by atoms with E-state index in [2.05, 4.69) is 28.9 Å². The lowest BCUT2D eigenvalue weighted by Gasteiger charge is -2.34. The molecular weight excluding hydrogens is 464 g/mol. The number of piperazine rings is 1. The lowest BCUT2D eigenvalue weighted by molar-refractivity contribution is -0.130. The Labute approximate surface area is 220 Å². The Kier molecular flexibility index (Phi) is 8.08. The molecule has 0 aromatic heterocycles. The topological polar surface area (TPSA) is 65.5 Å². The van der Waals surface area contributed by atoms with E-state index in [1.54, 1.807) is 6.92 Å². The molecule has 0 N–H and O–H groups in total. The number of nitrogens with zero attached hydrogens (tertiary/aromatic N) is 4. The van der Waals surface area contributed by atoms with Crippen LogP contribution in [0.15, 0.2) is 29.3 Å². The highest BCUT2D eigenvalue weighted by atomic mass is 16.5. The molecule has 1 atom stereocenters. The van der Waals surface area contributed by atoms with Crippen molar-refractivity contribution in [3.8, 4) is 5.75 Å². The average Bonchev–Trinajstić information content (AvgIpc) is 3.33. The first kappa shape index (κ1) is 25.7. The first-order valence-corrected chi connectivity index (χ1v) is 14.0. The first-order chi connectivity index (χ1) is 18.0. The number of hydrogen-bond donors (Lipinski definition) is 0. The van der Waals surface area contributed by atoms with Crippen LogP contribution in [0.25, 0.3) is 10.8 Å². The third-order valence-electron chi connectivity index (χ3n) is 8.12.